The molecular weight excluding hydrogens is 285 g/mol. The van der Waals surface area contributed by atoms with Crippen LogP contribution in [-0.4, -0.2) is 11.9 Å². The number of halogens is 2. The van der Waals surface area contributed by atoms with E-state index in [1.165, 1.54) is 18.9 Å². The van der Waals surface area contributed by atoms with Gasteiger partial charge in [0.15, 0.2) is 0 Å². The highest BCUT2D eigenvalue weighted by Crippen LogP contribution is 2.19. The van der Waals surface area contributed by atoms with Crippen LogP contribution in [0.2, 0.25) is 0 Å². The predicted octanol–water partition coefficient (Wildman–Crippen LogP) is 3.19. The Morgan fingerprint density at radius 2 is 2.12 bits per heavy atom. The lowest BCUT2D eigenvalue weighted by atomic mass is 10.1. The summed E-state index contributed by atoms with van der Waals surface area (Å²) in [6.45, 7) is 0. The zero-order valence-corrected chi connectivity index (χ0v) is 11.1. The van der Waals surface area contributed by atoms with Gasteiger partial charge in [-0.05, 0) is 46.5 Å². The number of hydrogen-bond acceptors (Lipinski definition) is 1. The fourth-order valence-electron chi connectivity index (χ4n) is 2.18. The Kier molecular flexibility index (Phi) is 4.15. The summed E-state index contributed by atoms with van der Waals surface area (Å²) >= 11 is 3.09. The van der Waals surface area contributed by atoms with Crippen molar-refractivity contribution >= 4 is 21.8 Å². The number of hydrogen-bond donors (Lipinski definition) is 1. The number of nitrogens with one attached hydrogen (secondary N) is 1. The highest BCUT2D eigenvalue weighted by Gasteiger charge is 2.17. The van der Waals surface area contributed by atoms with Gasteiger partial charge in [0.1, 0.15) is 5.82 Å². The summed E-state index contributed by atoms with van der Waals surface area (Å²) in [5, 5.41) is 2.99. The van der Waals surface area contributed by atoms with Crippen molar-refractivity contribution in [2.75, 3.05) is 0 Å². The van der Waals surface area contributed by atoms with Crippen LogP contribution in [0.25, 0.3) is 0 Å². The second-order valence-corrected chi connectivity index (χ2v) is 5.33. The molecule has 0 aliphatic heterocycles. The van der Waals surface area contributed by atoms with E-state index in [4.69, 9.17) is 0 Å². The van der Waals surface area contributed by atoms with Crippen molar-refractivity contribution in [3.05, 3.63) is 34.1 Å². The van der Waals surface area contributed by atoms with Gasteiger partial charge in [-0.15, -0.1) is 0 Å². The Morgan fingerprint density at radius 3 is 2.76 bits per heavy atom. The van der Waals surface area contributed by atoms with Crippen LogP contribution in [0.3, 0.4) is 0 Å². The Labute approximate surface area is 109 Å². The molecule has 17 heavy (non-hydrogen) atoms. The van der Waals surface area contributed by atoms with E-state index < -0.39 is 0 Å². The van der Waals surface area contributed by atoms with Crippen molar-refractivity contribution in [3.63, 3.8) is 0 Å². The van der Waals surface area contributed by atoms with E-state index in [9.17, 15) is 9.18 Å². The first-order valence-corrected chi connectivity index (χ1v) is 6.68. The molecule has 1 aliphatic carbocycles. The molecule has 1 saturated carbocycles. The van der Waals surface area contributed by atoms with Crippen molar-refractivity contribution in [2.45, 2.75) is 38.1 Å². The van der Waals surface area contributed by atoms with Crippen LogP contribution in [-0.2, 0) is 11.2 Å². The fraction of sp³-hybridized carbons (Fsp3) is 0.462. The quantitative estimate of drug-likeness (QED) is 0.912. The second kappa shape index (κ2) is 5.63. The maximum Gasteiger partial charge on any atom is 0.224 e. The van der Waals surface area contributed by atoms with Gasteiger partial charge >= 0.3 is 0 Å². The third-order valence-electron chi connectivity index (χ3n) is 3.07. The topological polar surface area (TPSA) is 29.1 Å². The molecule has 1 aromatic carbocycles. The maximum absolute atomic E-state index is 13.3. The van der Waals surface area contributed by atoms with E-state index in [2.05, 4.69) is 21.2 Å². The minimum atomic E-state index is -0.323. The summed E-state index contributed by atoms with van der Waals surface area (Å²) in [6.07, 6.45) is 4.78. The molecule has 0 radical (unpaired) electrons. The van der Waals surface area contributed by atoms with Crippen LogP contribution >= 0.6 is 15.9 Å². The van der Waals surface area contributed by atoms with Crippen molar-refractivity contribution in [3.8, 4) is 0 Å². The first-order chi connectivity index (χ1) is 8.15. The van der Waals surface area contributed by atoms with E-state index in [1.807, 2.05) is 0 Å². The largest absolute Gasteiger partial charge is 0.353 e. The Bertz CT molecular complexity index is 416. The molecule has 1 fully saturated rings. The molecule has 2 nitrogen and oxygen atoms in total. The summed E-state index contributed by atoms with van der Waals surface area (Å²) in [4.78, 5) is 11.7. The molecule has 0 atom stereocenters. The number of rotatable bonds is 3. The molecule has 0 bridgehead atoms. The minimum absolute atomic E-state index is 0.0152. The molecule has 1 aromatic rings. The van der Waals surface area contributed by atoms with Crippen LogP contribution in [0.1, 0.15) is 31.2 Å². The molecular formula is C13H15BrFNO. The highest BCUT2D eigenvalue weighted by atomic mass is 79.9. The van der Waals surface area contributed by atoms with Gasteiger partial charge < -0.3 is 5.32 Å². The molecule has 0 saturated heterocycles. The fourth-order valence-corrected chi connectivity index (χ4v) is 2.43. The van der Waals surface area contributed by atoms with Crippen LogP contribution in [0.5, 0.6) is 0 Å². The van der Waals surface area contributed by atoms with Crippen molar-refractivity contribution in [1.29, 1.82) is 0 Å². The van der Waals surface area contributed by atoms with Gasteiger partial charge in [-0.25, -0.2) is 4.39 Å². The van der Waals surface area contributed by atoms with Crippen LogP contribution < -0.4 is 5.32 Å². The molecule has 1 N–H and O–H groups in total. The number of carbonyl (C=O) groups is 1. The zero-order chi connectivity index (χ0) is 12.3. The average molecular weight is 300 g/mol. The first kappa shape index (κ1) is 12.6. The molecule has 0 unspecified atom stereocenters. The van der Waals surface area contributed by atoms with E-state index in [0.717, 1.165) is 12.8 Å². The lowest BCUT2D eigenvalue weighted by Gasteiger charge is -2.11. The monoisotopic (exact) mass is 299 g/mol. The van der Waals surface area contributed by atoms with Gasteiger partial charge in [0.25, 0.3) is 0 Å². The standard InChI is InChI=1S/C13H15BrFNO/c14-11-6-5-9(7-12(11)15)8-13(17)16-10-3-1-2-4-10/h5-7,10H,1-4,8H2,(H,16,17). The number of carbonyl (C=O) groups excluding carboxylic acids is 1. The van der Waals surface area contributed by atoms with Crippen molar-refractivity contribution in [1.82, 2.24) is 5.32 Å². The summed E-state index contributed by atoms with van der Waals surface area (Å²) in [6, 6.07) is 5.12. The first-order valence-electron chi connectivity index (χ1n) is 5.88. The third-order valence-corrected chi connectivity index (χ3v) is 3.71. The molecule has 4 heteroatoms. The summed E-state index contributed by atoms with van der Waals surface area (Å²) in [7, 11) is 0. The van der Waals surface area contributed by atoms with Crippen molar-refractivity contribution < 1.29 is 9.18 Å². The van der Waals surface area contributed by atoms with Crippen molar-refractivity contribution in [2.24, 2.45) is 0 Å². The third kappa shape index (κ3) is 3.53. The van der Waals surface area contributed by atoms with Gasteiger partial charge in [-0.3, -0.25) is 4.79 Å². The normalized spacial score (nSPS) is 16.1. The smallest absolute Gasteiger partial charge is 0.224 e. The Morgan fingerprint density at radius 1 is 1.41 bits per heavy atom. The Hall–Kier alpha value is -0.900. The number of amides is 1. The van der Waals surface area contributed by atoms with E-state index in [0.29, 0.717) is 16.1 Å². The van der Waals surface area contributed by atoms with Crippen LogP contribution in [0.15, 0.2) is 22.7 Å². The van der Waals surface area contributed by atoms with Gasteiger partial charge in [0, 0.05) is 6.04 Å². The van der Waals surface area contributed by atoms with Gasteiger partial charge in [0.05, 0.1) is 10.9 Å². The Balaban J connectivity index is 1.90. The highest BCUT2D eigenvalue weighted by molar-refractivity contribution is 9.10. The summed E-state index contributed by atoms with van der Waals surface area (Å²) in [5.74, 6) is -0.338. The van der Waals surface area contributed by atoms with E-state index >= 15 is 0 Å². The lowest BCUT2D eigenvalue weighted by Crippen LogP contribution is -2.33. The SMILES string of the molecule is O=C(Cc1ccc(Br)c(F)c1)NC1CCCC1. The maximum atomic E-state index is 13.3. The molecule has 2 rings (SSSR count). The number of benzene rings is 1. The van der Waals surface area contributed by atoms with Gasteiger partial charge in [-0.1, -0.05) is 18.9 Å². The molecule has 92 valence electrons. The second-order valence-electron chi connectivity index (χ2n) is 4.47. The van der Waals surface area contributed by atoms with Gasteiger partial charge in [0.2, 0.25) is 5.91 Å². The predicted molar refractivity (Wildman–Crippen MR) is 68.2 cm³/mol. The summed E-state index contributed by atoms with van der Waals surface area (Å²) in [5.41, 5.74) is 0.709. The molecule has 0 spiro atoms. The van der Waals surface area contributed by atoms with E-state index in [1.54, 1.807) is 12.1 Å². The van der Waals surface area contributed by atoms with E-state index in [-0.39, 0.29) is 18.1 Å². The molecule has 1 aliphatic rings. The molecule has 0 aromatic heterocycles. The molecule has 0 heterocycles. The summed E-state index contributed by atoms with van der Waals surface area (Å²) < 4.78 is 13.7. The molecule has 1 amide bonds. The zero-order valence-electron chi connectivity index (χ0n) is 9.51. The van der Waals surface area contributed by atoms with Gasteiger partial charge in [-0.2, -0.15) is 0 Å². The lowest BCUT2D eigenvalue weighted by molar-refractivity contribution is -0.121. The minimum Gasteiger partial charge on any atom is -0.353 e. The van der Waals surface area contributed by atoms with Crippen LogP contribution in [0.4, 0.5) is 4.39 Å². The average Bonchev–Trinajstić information content (AvgIpc) is 2.76. The van der Waals surface area contributed by atoms with Crippen LogP contribution in [0, 0.1) is 5.82 Å².